The number of ether oxygens (including phenoxy) is 2. The minimum atomic E-state index is -4.71. The molecule has 0 aliphatic carbocycles. The summed E-state index contributed by atoms with van der Waals surface area (Å²) in [5.41, 5.74) is 0. The van der Waals surface area contributed by atoms with Gasteiger partial charge >= 0.3 is 19.8 Å². The second-order valence-electron chi connectivity index (χ2n) is 13.9. The van der Waals surface area contributed by atoms with Crippen LogP contribution in [0, 0.1) is 0 Å². The van der Waals surface area contributed by atoms with Crippen molar-refractivity contribution in [3.63, 3.8) is 0 Å². The highest BCUT2D eigenvalue weighted by Gasteiger charge is 2.27. The number of unbranched alkanes of at least 4 members (excludes halogenated alkanes) is 4. The van der Waals surface area contributed by atoms with Gasteiger partial charge < -0.3 is 34.8 Å². The van der Waals surface area contributed by atoms with Crippen LogP contribution in [0.15, 0.2) is 97.2 Å². The fourth-order valence-electron chi connectivity index (χ4n) is 5.07. The van der Waals surface area contributed by atoms with Crippen LogP contribution in [-0.4, -0.2) is 88.1 Å². The second kappa shape index (κ2) is 40.2. The molecule has 5 N–H and O–H groups in total. The fourth-order valence-corrected chi connectivity index (χ4v) is 5.86. The number of allylic oxidation sites excluding steroid dienone is 15. The lowest BCUT2D eigenvalue weighted by Gasteiger charge is -2.20. The highest BCUT2D eigenvalue weighted by atomic mass is 31.2. The smallest absolute Gasteiger partial charge is 0.462 e. The van der Waals surface area contributed by atoms with E-state index in [-0.39, 0.29) is 32.1 Å². The van der Waals surface area contributed by atoms with Gasteiger partial charge in [0.25, 0.3) is 0 Å². The quantitative estimate of drug-likeness (QED) is 0.0172. The first-order chi connectivity index (χ1) is 28.5. The number of phosphoric acid groups is 1. The Labute approximate surface area is 354 Å². The number of carbonyl (C=O) groups is 2. The molecule has 0 aromatic carbocycles. The molecule has 0 rings (SSSR count). The number of rotatable bonds is 38. The zero-order valence-corrected chi connectivity index (χ0v) is 36.5. The molecule has 0 fully saturated rings. The van der Waals surface area contributed by atoms with Crippen molar-refractivity contribution in [2.45, 2.75) is 154 Å². The molecule has 13 heteroatoms. The Hall–Kier alpha value is -3.19. The third kappa shape index (κ3) is 38.7. The van der Waals surface area contributed by atoms with Gasteiger partial charge in [-0.05, 0) is 89.9 Å². The van der Waals surface area contributed by atoms with Crippen molar-refractivity contribution in [1.82, 2.24) is 0 Å². The third-order valence-electron chi connectivity index (χ3n) is 8.43. The topological polar surface area (TPSA) is 189 Å². The van der Waals surface area contributed by atoms with Crippen molar-refractivity contribution in [2.24, 2.45) is 0 Å². The third-order valence-corrected chi connectivity index (χ3v) is 9.39. The summed E-state index contributed by atoms with van der Waals surface area (Å²) in [6, 6.07) is 0. The standard InChI is InChI=1S/C46H75O12P/c1-3-5-7-9-11-13-15-17-18-19-20-21-23-25-27-29-31-35-45(51)55-39-42(40-57-59(53,54)56-38-41(48)37-47)58-46(52)36-32-34-44(50)43(49)33-30-28-26-24-22-16-14-12-10-8-6-4-2/h5-8,11-14,17-18,20-22,24,28,30,41-44,47-50H,3-4,9-10,15-16,19,23,25-27,29,31-40H2,1-2H3,(H,53,54)/b7-5-,8-6-,13-11-,14-12-,18-17-,21-20-,24-22-,30-28-/t41-,42+,43+,44+/m0/s1. The summed E-state index contributed by atoms with van der Waals surface area (Å²) in [6.07, 6.45) is 41.1. The van der Waals surface area contributed by atoms with E-state index >= 15 is 0 Å². The molecule has 0 aliphatic rings. The largest absolute Gasteiger partial charge is 0.472 e. The molecule has 336 valence electrons. The summed E-state index contributed by atoms with van der Waals surface area (Å²) in [5, 5.41) is 39.0. The number of aliphatic hydroxyl groups is 4. The predicted molar refractivity (Wildman–Crippen MR) is 235 cm³/mol. The Bertz CT molecular complexity index is 1330. The molecule has 0 aromatic rings. The van der Waals surface area contributed by atoms with Crippen molar-refractivity contribution >= 4 is 19.8 Å². The maximum absolute atomic E-state index is 12.6. The summed E-state index contributed by atoms with van der Waals surface area (Å²) >= 11 is 0. The van der Waals surface area contributed by atoms with Crippen molar-refractivity contribution in [1.29, 1.82) is 0 Å². The highest BCUT2D eigenvalue weighted by molar-refractivity contribution is 7.47. The minimum absolute atomic E-state index is 0.121. The maximum atomic E-state index is 12.6. The van der Waals surface area contributed by atoms with Crippen molar-refractivity contribution < 1.29 is 58.0 Å². The summed E-state index contributed by atoms with van der Waals surface area (Å²) in [7, 11) is -4.71. The Morgan fingerprint density at radius 1 is 0.559 bits per heavy atom. The van der Waals surface area contributed by atoms with E-state index in [2.05, 4.69) is 97.4 Å². The van der Waals surface area contributed by atoms with E-state index in [1.807, 2.05) is 12.2 Å². The molecule has 1 unspecified atom stereocenters. The van der Waals surface area contributed by atoms with E-state index in [0.29, 0.717) is 12.8 Å². The summed E-state index contributed by atoms with van der Waals surface area (Å²) in [4.78, 5) is 35.0. The Morgan fingerprint density at radius 2 is 1.03 bits per heavy atom. The van der Waals surface area contributed by atoms with Crippen LogP contribution in [0.4, 0.5) is 0 Å². The van der Waals surface area contributed by atoms with Gasteiger partial charge in [-0.15, -0.1) is 0 Å². The minimum Gasteiger partial charge on any atom is -0.462 e. The molecule has 0 aliphatic heterocycles. The molecule has 0 heterocycles. The molecule has 59 heavy (non-hydrogen) atoms. The number of phosphoric ester groups is 1. The number of carbonyl (C=O) groups excluding carboxylic acids is 2. The van der Waals surface area contributed by atoms with Gasteiger partial charge in [0.15, 0.2) is 6.10 Å². The zero-order chi connectivity index (χ0) is 43.7. The molecule has 0 bridgehead atoms. The van der Waals surface area contributed by atoms with Crippen molar-refractivity contribution in [2.75, 3.05) is 26.4 Å². The summed E-state index contributed by atoms with van der Waals surface area (Å²) in [5.74, 6) is -1.25. The first-order valence-corrected chi connectivity index (χ1v) is 22.9. The van der Waals surface area contributed by atoms with Gasteiger partial charge in [0.2, 0.25) is 0 Å². The van der Waals surface area contributed by atoms with E-state index in [1.54, 1.807) is 6.08 Å². The van der Waals surface area contributed by atoms with Crippen LogP contribution < -0.4 is 0 Å². The average molecular weight is 851 g/mol. The zero-order valence-electron chi connectivity index (χ0n) is 35.6. The molecule has 0 saturated carbocycles. The van der Waals surface area contributed by atoms with E-state index in [0.717, 1.165) is 70.6 Å². The van der Waals surface area contributed by atoms with E-state index in [9.17, 15) is 34.4 Å². The van der Waals surface area contributed by atoms with Crippen LogP contribution in [0.5, 0.6) is 0 Å². The van der Waals surface area contributed by atoms with Gasteiger partial charge in [-0.1, -0.05) is 124 Å². The van der Waals surface area contributed by atoms with E-state index in [4.69, 9.17) is 19.1 Å². The van der Waals surface area contributed by atoms with Gasteiger partial charge in [0.05, 0.1) is 32.0 Å². The number of esters is 2. The van der Waals surface area contributed by atoms with Crippen LogP contribution in [0.25, 0.3) is 0 Å². The Morgan fingerprint density at radius 3 is 1.58 bits per heavy atom. The van der Waals surface area contributed by atoms with Gasteiger partial charge in [-0.2, -0.15) is 0 Å². The molecule has 0 saturated heterocycles. The Balaban J connectivity index is 4.62. The van der Waals surface area contributed by atoms with Crippen LogP contribution in [-0.2, 0) is 32.7 Å². The van der Waals surface area contributed by atoms with Crippen molar-refractivity contribution in [3.05, 3.63) is 97.2 Å². The van der Waals surface area contributed by atoms with Crippen LogP contribution in [0.2, 0.25) is 0 Å². The first kappa shape index (κ1) is 55.8. The summed E-state index contributed by atoms with van der Waals surface area (Å²) < 4.78 is 32.5. The number of hydrogen-bond acceptors (Lipinski definition) is 11. The number of hydrogen-bond donors (Lipinski definition) is 5. The predicted octanol–water partition coefficient (Wildman–Crippen LogP) is 9.16. The van der Waals surface area contributed by atoms with Crippen LogP contribution in [0.1, 0.15) is 129 Å². The molecule has 0 aromatic heterocycles. The second-order valence-corrected chi connectivity index (χ2v) is 15.4. The van der Waals surface area contributed by atoms with E-state index in [1.165, 1.54) is 0 Å². The van der Waals surface area contributed by atoms with Crippen molar-refractivity contribution in [3.8, 4) is 0 Å². The lowest BCUT2D eigenvalue weighted by molar-refractivity contribution is -0.161. The van der Waals surface area contributed by atoms with Crippen LogP contribution in [0.3, 0.4) is 0 Å². The molecule has 0 spiro atoms. The fraction of sp³-hybridized carbons (Fsp3) is 0.609. The Kier molecular flexibility index (Phi) is 38.1. The molecule has 5 atom stereocenters. The van der Waals surface area contributed by atoms with E-state index < -0.39 is 70.6 Å². The van der Waals surface area contributed by atoms with Crippen LogP contribution >= 0.6 is 7.82 Å². The lowest BCUT2D eigenvalue weighted by Crippen LogP contribution is -2.30. The molecule has 0 amide bonds. The SMILES string of the molecule is CC/C=C\C/C=C\C/C=C\C/C=C\CCCCCCC(=O)OC[C@H](COP(=O)(O)OC[C@@H](O)CO)OC(=O)CCC[C@@H](O)[C@H](O)C/C=C\C/C=C\C/C=C\C/C=C\CC. The average Bonchev–Trinajstić information content (AvgIpc) is 3.22. The van der Waals surface area contributed by atoms with Gasteiger partial charge in [-0.25, -0.2) is 4.57 Å². The van der Waals surface area contributed by atoms with Gasteiger partial charge in [0.1, 0.15) is 12.7 Å². The monoisotopic (exact) mass is 850 g/mol. The van der Waals surface area contributed by atoms with Gasteiger partial charge in [0, 0.05) is 12.8 Å². The molecular weight excluding hydrogens is 775 g/mol. The number of aliphatic hydroxyl groups excluding tert-OH is 4. The highest BCUT2D eigenvalue weighted by Crippen LogP contribution is 2.43. The maximum Gasteiger partial charge on any atom is 0.472 e. The summed E-state index contributed by atoms with van der Waals surface area (Å²) in [6.45, 7) is 1.76. The normalized spacial score (nSPS) is 15.8. The molecule has 0 radical (unpaired) electrons. The molecule has 12 nitrogen and oxygen atoms in total. The lowest BCUT2D eigenvalue weighted by atomic mass is 10.0. The molecular formula is C46H75O12P. The first-order valence-electron chi connectivity index (χ1n) is 21.4. The van der Waals surface area contributed by atoms with Gasteiger partial charge in [-0.3, -0.25) is 18.6 Å².